The molecule has 0 N–H and O–H groups in total. The number of fused-ring (bicyclic) bond motifs is 1. The molecular formula is C19H27N3O. The van der Waals surface area contributed by atoms with E-state index < -0.39 is 0 Å². The molecule has 0 amide bonds. The average molecular weight is 313 g/mol. The number of para-hydroxylation sites is 1. The highest BCUT2D eigenvalue weighted by Gasteiger charge is 2.04. The summed E-state index contributed by atoms with van der Waals surface area (Å²) in [6.45, 7) is 10.1. The molecule has 2 rings (SSSR count). The van der Waals surface area contributed by atoms with Crippen molar-refractivity contribution in [2.45, 2.75) is 33.6 Å². The summed E-state index contributed by atoms with van der Waals surface area (Å²) in [5.41, 5.74) is 3.20. The Hall–Kier alpha value is -1.94. The van der Waals surface area contributed by atoms with Gasteiger partial charge in [-0.2, -0.15) is 0 Å². The monoisotopic (exact) mass is 313 g/mol. The molecule has 0 saturated heterocycles. The van der Waals surface area contributed by atoms with Gasteiger partial charge in [-0.1, -0.05) is 50.5 Å². The molecule has 0 radical (unpaired) electrons. The third-order valence-corrected chi connectivity index (χ3v) is 3.97. The quantitative estimate of drug-likeness (QED) is 0.400. The Labute approximate surface area is 139 Å². The molecule has 4 nitrogen and oxygen atoms in total. The zero-order chi connectivity index (χ0) is 16.5. The maximum absolute atomic E-state index is 5.43. The second-order valence-corrected chi connectivity index (χ2v) is 5.56. The summed E-state index contributed by atoms with van der Waals surface area (Å²) in [4.78, 5) is 12.5. The first kappa shape index (κ1) is 17.4. The van der Waals surface area contributed by atoms with E-state index in [2.05, 4.69) is 43.0 Å². The third kappa shape index (κ3) is 5.03. The van der Waals surface area contributed by atoms with E-state index in [4.69, 9.17) is 9.82 Å². The molecule has 1 heterocycles. The number of benzene rings is 1. The van der Waals surface area contributed by atoms with Crippen molar-refractivity contribution in [3.63, 3.8) is 0 Å². The lowest BCUT2D eigenvalue weighted by Gasteiger charge is -2.16. The predicted octanol–water partition coefficient (Wildman–Crippen LogP) is 3.88. The summed E-state index contributed by atoms with van der Waals surface area (Å²) in [6, 6.07) is 10.3. The minimum atomic E-state index is 0.614. The van der Waals surface area contributed by atoms with Crippen LogP contribution in [0, 0.1) is 0 Å². The fraction of sp³-hybridized carbons (Fsp3) is 0.474. The van der Waals surface area contributed by atoms with Crippen LogP contribution in [-0.4, -0.2) is 42.3 Å². The first-order valence-electron chi connectivity index (χ1n) is 8.54. The number of likely N-dealkylation sites (N-methyl/N-ethyl adjacent to an activating group) is 1. The van der Waals surface area contributed by atoms with Gasteiger partial charge in [-0.3, -0.25) is 4.98 Å². The van der Waals surface area contributed by atoms with Crippen molar-refractivity contribution in [3.8, 4) is 0 Å². The summed E-state index contributed by atoms with van der Waals surface area (Å²) < 4.78 is 0. The molecule has 1 aromatic carbocycles. The number of pyridine rings is 1. The van der Waals surface area contributed by atoms with Gasteiger partial charge in [0.2, 0.25) is 0 Å². The van der Waals surface area contributed by atoms with E-state index in [-0.39, 0.29) is 0 Å². The molecule has 0 atom stereocenters. The molecule has 0 aliphatic heterocycles. The van der Waals surface area contributed by atoms with Crippen LogP contribution in [0.25, 0.3) is 10.9 Å². The lowest BCUT2D eigenvalue weighted by Crippen LogP contribution is -2.26. The summed E-state index contributed by atoms with van der Waals surface area (Å²) in [7, 11) is 0. The fourth-order valence-corrected chi connectivity index (χ4v) is 2.61. The van der Waals surface area contributed by atoms with Gasteiger partial charge in [-0.15, -0.1) is 0 Å². The van der Waals surface area contributed by atoms with Crippen LogP contribution in [0.5, 0.6) is 0 Å². The van der Waals surface area contributed by atoms with Crippen LogP contribution < -0.4 is 0 Å². The molecule has 0 aliphatic carbocycles. The second-order valence-electron chi connectivity index (χ2n) is 5.56. The van der Waals surface area contributed by atoms with Crippen LogP contribution in [0.1, 0.15) is 38.4 Å². The van der Waals surface area contributed by atoms with Crippen molar-refractivity contribution in [1.82, 2.24) is 9.88 Å². The van der Waals surface area contributed by atoms with Crippen molar-refractivity contribution in [2.24, 2.45) is 5.16 Å². The summed E-state index contributed by atoms with van der Waals surface area (Å²) in [6.07, 6.45) is 3.88. The van der Waals surface area contributed by atoms with Gasteiger partial charge >= 0.3 is 0 Å². The topological polar surface area (TPSA) is 37.7 Å². The molecular weight excluding hydrogens is 286 g/mol. The highest BCUT2D eigenvalue weighted by Crippen LogP contribution is 2.17. The molecule has 0 spiro atoms. The summed E-state index contributed by atoms with van der Waals surface area (Å²) in [5, 5.41) is 5.27. The smallest absolute Gasteiger partial charge is 0.129 e. The van der Waals surface area contributed by atoms with Crippen LogP contribution in [0.4, 0.5) is 0 Å². The van der Waals surface area contributed by atoms with E-state index in [0.29, 0.717) is 6.61 Å². The Morgan fingerprint density at radius 2 is 1.96 bits per heavy atom. The zero-order valence-electron chi connectivity index (χ0n) is 14.5. The highest BCUT2D eigenvalue weighted by molar-refractivity contribution is 5.98. The molecule has 23 heavy (non-hydrogen) atoms. The van der Waals surface area contributed by atoms with Crippen LogP contribution in [-0.2, 0) is 11.3 Å². The van der Waals surface area contributed by atoms with E-state index in [1.165, 1.54) is 0 Å². The van der Waals surface area contributed by atoms with Gasteiger partial charge in [0.1, 0.15) is 6.61 Å². The molecule has 4 heteroatoms. The van der Waals surface area contributed by atoms with Gasteiger partial charge in [0.15, 0.2) is 0 Å². The van der Waals surface area contributed by atoms with Gasteiger partial charge in [-0.05, 0) is 31.6 Å². The Balaban J connectivity index is 2.07. The van der Waals surface area contributed by atoms with Crippen molar-refractivity contribution in [3.05, 3.63) is 41.6 Å². The second kappa shape index (κ2) is 9.26. The molecule has 0 aliphatic rings. The van der Waals surface area contributed by atoms with Crippen LogP contribution in [0.15, 0.2) is 35.5 Å². The van der Waals surface area contributed by atoms with Gasteiger partial charge in [0, 0.05) is 23.2 Å². The minimum absolute atomic E-state index is 0.614. The normalized spacial score (nSPS) is 11.7. The largest absolute Gasteiger partial charge is 0.394 e. The Morgan fingerprint density at radius 1 is 1.17 bits per heavy atom. The Kier molecular flexibility index (Phi) is 7.01. The minimum Gasteiger partial charge on any atom is -0.394 e. The number of nitrogens with zero attached hydrogens (tertiary/aromatic N) is 3. The lowest BCUT2D eigenvalue weighted by molar-refractivity contribution is 0.115. The lowest BCUT2D eigenvalue weighted by atomic mass is 10.1. The molecule has 0 fully saturated rings. The summed E-state index contributed by atoms with van der Waals surface area (Å²) >= 11 is 0. The zero-order valence-corrected chi connectivity index (χ0v) is 14.5. The molecule has 2 aromatic rings. The first-order valence-corrected chi connectivity index (χ1v) is 8.54. The number of hydrogen-bond acceptors (Lipinski definition) is 4. The highest BCUT2D eigenvalue weighted by atomic mass is 16.6. The van der Waals surface area contributed by atoms with Crippen LogP contribution in [0.2, 0.25) is 0 Å². The molecule has 0 unspecified atom stereocenters. The van der Waals surface area contributed by atoms with Gasteiger partial charge in [0.05, 0.1) is 11.7 Å². The maximum atomic E-state index is 5.43. The number of aryl methyl sites for hydroxylation is 1. The fourth-order valence-electron chi connectivity index (χ4n) is 2.61. The molecule has 1 aromatic heterocycles. The van der Waals surface area contributed by atoms with Crippen LogP contribution >= 0.6 is 0 Å². The Morgan fingerprint density at radius 3 is 2.70 bits per heavy atom. The van der Waals surface area contributed by atoms with Gasteiger partial charge < -0.3 is 9.74 Å². The van der Waals surface area contributed by atoms with E-state index in [0.717, 1.165) is 54.6 Å². The number of hydrogen-bond donors (Lipinski definition) is 0. The molecule has 0 bridgehead atoms. The van der Waals surface area contributed by atoms with Gasteiger partial charge in [-0.25, -0.2) is 0 Å². The number of rotatable bonds is 9. The Bertz CT molecular complexity index is 636. The predicted molar refractivity (Wildman–Crippen MR) is 97.1 cm³/mol. The van der Waals surface area contributed by atoms with E-state index in [1.807, 2.05) is 24.4 Å². The number of oxime groups is 1. The van der Waals surface area contributed by atoms with Crippen molar-refractivity contribution in [2.75, 3.05) is 26.2 Å². The van der Waals surface area contributed by atoms with Crippen molar-refractivity contribution in [1.29, 1.82) is 0 Å². The maximum Gasteiger partial charge on any atom is 0.129 e. The SMILES string of the molecule is CCCc1cc(/C=N\OCCN(CC)CC)c2ccccc2n1. The van der Waals surface area contributed by atoms with E-state index in [9.17, 15) is 0 Å². The first-order chi connectivity index (χ1) is 11.3. The molecule has 124 valence electrons. The van der Waals surface area contributed by atoms with E-state index >= 15 is 0 Å². The van der Waals surface area contributed by atoms with Crippen molar-refractivity contribution >= 4 is 17.1 Å². The van der Waals surface area contributed by atoms with Crippen molar-refractivity contribution < 1.29 is 4.84 Å². The third-order valence-electron chi connectivity index (χ3n) is 3.97. The standard InChI is InChI=1S/C19H27N3O/c1-4-9-17-14-16(18-10-7-8-11-19(18)21-17)15-20-23-13-12-22(5-2)6-3/h7-8,10-11,14-15H,4-6,9,12-13H2,1-3H3/b20-15-. The summed E-state index contributed by atoms with van der Waals surface area (Å²) in [5.74, 6) is 0. The van der Waals surface area contributed by atoms with Gasteiger partial charge in [0.25, 0.3) is 0 Å². The van der Waals surface area contributed by atoms with Crippen LogP contribution in [0.3, 0.4) is 0 Å². The average Bonchev–Trinajstić information content (AvgIpc) is 2.58. The molecule has 0 saturated carbocycles. The van der Waals surface area contributed by atoms with E-state index in [1.54, 1.807) is 0 Å². The number of aromatic nitrogens is 1.